The van der Waals surface area contributed by atoms with E-state index < -0.39 is 29.7 Å². The number of H-pyrrole nitrogens is 1. The fourth-order valence-electron chi connectivity index (χ4n) is 3.84. The Morgan fingerprint density at radius 2 is 1.96 bits per heavy atom. The van der Waals surface area contributed by atoms with Crippen molar-refractivity contribution in [3.8, 4) is 0 Å². The summed E-state index contributed by atoms with van der Waals surface area (Å²) < 4.78 is 6.85. The van der Waals surface area contributed by atoms with Crippen molar-refractivity contribution < 1.29 is 14.9 Å². The summed E-state index contributed by atoms with van der Waals surface area (Å²) in [5, 5.41) is 19.2. The number of para-hydroxylation sites is 2. The summed E-state index contributed by atoms with van der Waals surface area (Å²) in [6, 6.07) is 7.98. The van der Waals surface area contributed by atoms with Crippen molar-refractivity contribution in [2.45, 2.75) is 31.4 Å². The van der Waals surface area contributed by atoms with Gasteiger partial charge in [0, 0.05) is 39.3 Å². The lowest BCUT2D eigenvalue weighted by Crippen LogP contribution is -2.41. The lowest BCUT2D eigenvalue weighted by molar-refractivity contribution is -0.0460. The van der Waals surface area contributed by atoms with Crippen LogP contribution in [0, 0.1) is 0 Å². The predicted octanol–water partition coefficient (Wildman–Crippen LogP) is -0.366. The summed E-state index contributed by atoms with van der Waals surface area (Å²) >= 11 is 0. The molecule has 3 unspecified atom stereocenters. The highest BCUT2D eigenvalue weighted by molar-refractivity contribution is 5.73. The Morgan fingerprint density at radius 1 is 1.21 bits per heavy atom. The topological polar surface area (TPSA) is 111 Å². The first-order valence-electron chi connectivity index (χ1n) is 9.31. The maximum Gasteiger partial charge on any atom is 0.330 e. The molecule has 2 aliphatic heterocycles. The molecule has 1 saturated heterocycles. The Morgan fingerprint density at radius 3 is 2.68 bits per heavy atom. The Labute approximate surface area is 161 Å². The van der Waals surface area contributed by atoms with E-state index in [-0.39, 0.29) is 13.0 Å². The number of aliphatic hydroxyl groups is 2. The number of aliphatic hydroxyl groups excluding tert-OH is 2. The molecule has 0 saturated carbocycles. The standard InChI is InChI=1S/C19H24N4O5/c1-21-6-7-22(14-5-3-2-4-13(14)21)9-12-10-23(19(27)20-18(12)26)17-8-15(25)16(11-24)28-17/h2-5,10,15-17,24-25H,6-9,11H2,1H3,(H,20,26,27). The zero-order valence-electron chi connectivity index (χ0n) is 15.6. The van der Waals surface area contributed by atoms with Crippen LogP contribution in [0.3, 0.4) is 0 Å². The lowest BCUT2D eigenvalue weighted by atomic mass is 10.1. The van der Waals surface area contributed by atoms with Gasteiger partial charge in [-0.15, -0.1) is 0 Å². The molecule has 2 aromatic rings. The number of likely N-dealkylation sites (N-methyl/N-ethyl adjacent to an activating group) is 1. The van der Waals surface area contributed by atoms with E-state index in [1.165, 1.54) is 10.8 Å². The van der Waals surface area contributed by atoms with Crippen molar-refractivity contribution in [2.75, 3.05) is 36.5 Å². The summed E-state index contributed by atoms with van der Waals surface area (Å²) in [6.07, 6.45) is -0.652. The van der Waals surface area contributed by atoms with E-state index in [1.54, 1.807) is 0 Å². The van der Waals surface area contributed by atoms with Crippen molar-refractivity contribution in [1.29, 1.82) is 0 Å². The summed E-state index contributed by atoms with van der Waals surface area (Å²) in [6.45, 7) is 1.59. The highest BCUT2D eigenvalue weighted by Crippen LogP contribution is 2.32. The molecule has 2 aliphatic rings. The molecular weight excluding hydrogens is 364 g/mol. The molecule has 0 aliphatic carbocycles. The van der Waals surface area contributed by atoms with E-state index in [0.29, 0.717) is 12.1 Å². The van der Waals surface area contributed by atoms with Crippen molar-refractivity contribution in [2.24, 2.45) is 0 Å². The van der Waals surface area contributed by atoms with Gasteiger partial charge in [0.1, 0.15) is 12.3 Å². The number of aromatic nitrogens is 2. The van der Waals surface area contributed by atoms with Gasteiger partial charge in [-0.2, -0.15) is 0 Å². The Bertz CT molecular complexity index is 971. The Balaban J connectivity index is 1.64. The molecule has 1 aromatic heterocycles. The van der Waals surface area contributed by atoms with Crippen molar-refractivity contribution in [3.63, 3.8) is 0 Å². The molecule has 3 atom stereocenters. The van der Waals surface area contributed by atoms with E-state index in [2.05, 4.69) is 14.8 Å². The quantitative estimate of drug-likeness (QED) is 0.656. The van der Waals surface area contributed by atoms with Crippen LogP contribution in [0.4, 0.5) is 11.4 Å². The molecule has 9 nitrogen and oxygen atoms in total. The monoisotopic (exact) mass is 388 g/mol. The predicted molar refractivity (Wildman–Crippen MR) is 104 cm³/mol. The number of fused-ring (bicyclic) bond motifs is 1. The third-order valence-corrected chi connectivity index (χ3v) is 5.44. The molecule has 9 heteroatoms. The number of nitrogens with one attached hydrogen (secondary N) is 1. The first kappa shape index (κ1) is 18.7. The number of hydrogen-bond donors (Lipinski definition) is 3. The molecule has 1 aromatic carbocycles. The van der Waals surface area contributed by atoms with Gasteiger partial charge in [-0.3, -0.25) is 14.3 Å². The van der Waals surface area contributed by atoms with Gasteiger partial charge in [-0.05, 0) is 12.1 Å². The molecule has 0 bridgehead atoms. The number of rotatable bonds is 4. The number of benzene rings is 1. The zero-order chi connectivity index (χ0) is 19.8. The van der Waals surface area contributed by atoms with E-state index >= 15 is 0 Å². The fourth-order valence-corrected chi connectivity index (χ4v) is 3.84. The second kappa shape index (κ2) is 7.42. The minimum absolute atomic E-state index is 0.175. The van der Waals surface area contributed by atoms with Crippen LogP contribution >= 0.6 is 0 Å². The minimum Gasteiger partial charge on any atom is -0.394 e. The lowest BCUT2D eigenvalue weighted by Gasteiger charge is -2.37. The number of hydrogen-bond acceptors (Lipinski definition) is 7. The van der Waals surface area contributed by atoms with E-state index in [1.807, 2.05) is 31.3 Å². The maximum atomic E-state index is 12.4. The minimum atomic E-state index is -0.859. The molecule has 3 N–H and O–H groups in total. The first-order chi connectivity index (χ1) is 13.5. The molecule has 28 heavy (non-hydrogen) atoms. The van der Waals surface area contributed by atoms with Crippen LogP contribution in [0.15, 0.2) is 40.1 Å². The molecule has 3 heterocycles. The van der Waals surface area contributed by atoms with Gasteiger partial charge in [0.05, 0.1) is 29.6 Å². The van der Waals surface area contributed by atoms with E-state index in [4.69, 9.17) is 4.74 Å². The summed E-state index contributed by atoms with van der Waals surface area (Å²) in [4.78, 5) is 31.3. The normalized spacial score (nSPS) is 24.5. The van der Waals surface area contributed by atoms with Crippen LogP contribution in [0.25, 0.3) is 0 Å². The number of ether oxygens (including phenoxy) is 1. The van der Waals surface area contributed by atoms with Crippen LogP contribution in [0.1, 0.15) is 18.2 Å². The maximum absolute atomic E-state index is 12.4. The Hall–Kier alpha value is -2.62. The molecule has 0 radical (unpaired) electrons. The third-order valence-electron chi connectivity index (χ3n) is 5.44. The number of nitrogens with zero attached hydrogens (tertiary/aromatic N) is 3. The van der Waals surface area contributed by atoms with Gasteiger partial charge >= 0.3 is 5.69 Å². The van der Waals surface area contributed by atoms with Crippen LogP contribution in [0.2, 0.25) is 0 Å². The average molecular weight is 388 g/mol. The van der Waals surface area contributed by atoms with Gasteiger partial charge in [0.2, 0.25) is 0 Å². The Kier molecular flexibility index (Phi) is 4.96. The largest absolute Gasteiger partial charge is 0.394 e. The van der Waals surface area contributed by atoms with Crippen molar-refractivity contribution in [3.05, 3.63) is 56.9 Å². The summed E-state index contributed by atoms with van der Waals surface area (Å²) in [7, 11) is 2.03. The molecule has 0 amide bonds. The van der Waals surface area contributed by atoms with Crippen LogP contribution < -0.4 is 21.0 Å². The summed E-state index contributed by atoms with van der Waals surface area (Å²) in [5.74, 6) is 0. The first-order valence-corrected chi connectivity index (χ1v) is 9.31. The van der Waals surface area contributed by atoms with Gasteiger partial charge in [0.25, 0.3) is 5.56 Å². The highest BCUT2D eigenvalue weighted by atomic mass is 16.5. The number of aromatic amines is 1. The van der Waals surface area contributed by atoms with Crippen LogP contribution in [-0.2, 0) is 11.3 Å². The molecular formula is C19H24N4O5. The third kappa shape index (κ3) is 3.32. The summed E-state index contributed by atoms with van der Waals surface area (Å²) in [5.41, 5.74) is 1.52. The second-order valence-electron chi connectivity index (χ2n) is 7.27. The van der Waals surface area contributed by atoms with E-state index in [0.717, 1.165) is 24.5 Å². The SMILES string of the molecule is CN1CCN(Cc2cn(C3CC(O)C(CO)O3)c(=O)[nH]c2=O)c2ccccc21. The van der Waals surface area contributed by atoms with Crippen LogP contribution in [-0.4, -0.2) is 58.7 Å². The van der Waals surface area contributed by atoms with E-state index in [9.17, 15) is 19.8 Å². The highest BCUT2D eigenvalue weighted by Gasteiger charge is 2.35. The van der Waals surface area contributed by atoms with Gasteiger partial charge in [-0.1, -0.05) is 12.1 Å². The molecule has 150 valence electrons. The molecule has 1 fully saturated rings. The van der Waals surface area contributed by atoms with Gasteiger partial charge in [0.15, 0.2) is 0 Å². The average Bonchev–Trinajstić information content (AvgIpc) is 3.06. The van der Waals surface area contributed by atoms with Crippen molar-refractivity contribution in [1.82, 2.24) is 9.55 Å². The van der Waals surface area contributed by atoms with Gasteiger partial charge in [-0.25, -0.2) is 4.79 Å². The van der Waals surface area contributed by atoms with Crippen molar-refractivity contribution >= 4 is 11.4 Å². The molecule has 0 spiro atoms. The zero-order valence-corrected chi connectivity index (χ0v) is 15.6. The van der Waals surface area contributed by atoms with Gasteiger partial charge < -0.3 is 24.7 Å². The fraction of sp³-hybridized carbons (Fsp3) is 0.474. The van der Waals surface area contributed by atoms with Crippen LogP contribution in [0.5, 0.6) is 0 Å². The molecule has 4 rings (SSSR count). The second-order valence-corrected chi connectivity index (χ2v) is 7.27. The number of anilines is 2. The smallest absolute Gasteiger partial charge is 0.330 e.